The topological polar surface area (TPSA) is 76.2 Å². The normalized spacial score (nSPS) is 21.3. The Balaban J connectivity index is 1.57. The molecule has 1 saturated heterocycles. The maximum absolute atomic E-state index is 13.5. The van der Waals surface area contributed by atoms with E-state index >= 15 is 0 Å². The van der Waals surface area contributed by atoms with Gasteiger partial charge in [0.2, 0.25) is 15.9 Å². The standard InChI is InChI=1S/C23H27BrN2O5S/c1-15-11-17-12-18(24)6-8-20(17)26(15)23(27)16-5-4-10-25(14-16)32(28,29)19-7-9-21(30-2)22(13-19)31-3/h6-9,12-13,15-16H,4-5,10-11,14H2,1-3H3/t15-,16-/m0/s1. The predicted molar refractivity (Wildman–Crippen MR) is 126 cm³/mol. The number of amides is 1. The van der Waals surface area contributed by atoms with Crippen LogP contribution in [-0.2, 0) is 21.2 Å². The number of hydrogen-bond donors (Lipinski definition) is 0. The summed E-state index contributed by atoms with van der Waals surface area (Å²) in [6.45, 7) is 2.59. The molecule has 2 aromatic carbocycles. The number of piperidine rings is 1. The molecule has 7 nitrogen and oxygen atoms in total. The van der Waals surface area contributed by atoms with Crippen molar-refractivity contribution >= 4 is 37.5 Å². The van der Waals surface area contributed by atoms with Crippen molar-refractivity contribution in [2.45, 2.75) is 37.1 Å². The largest absolute Gasteiger partial charge is 0.493 e. The minimum absolute atomic E-state index is 0.00853. The van der Waals surface area contributed by atoms with Gasteiger partial charge in [0.25, 0.3) is 0 Å². The predicted octanol–water partition coefficient (Wildman–Crippen LogP) is 3.84. The van der Waals surface area contributed by atoms with Gasteiger partial charge in [0.05, 0.1) is 25.0 Å². The zero-order valence-corrected chi connectivity index (χ0v) is 20.8. The fraction of sp³-hybridized carbons (Fsp3) is 0.435. The van der Waals surface area contributed by atoms with E-state index in [-0.39, 0.29) is 29.3 Å². The van der Waals surface area contributed by atoms with Gasteiger partial charge in [-0.15, -0.1) is 0 Å². The Labute approximate surface area is 197 Å². The number of carbonyl (C=O) groups is 1. The van der Waals surface area contributed by atoms with Crippen LogP contribution in [0.1, 0.15) is 25.3 Å². The smallest absolute Gasteiger partial charge is 0.243 e. The molecule has 1 amide bonds. The number of carbonyl (C=O) groups excluding carboxylic acids is 1. The fourth-order valence-corrected chi connectivity index (χ4v) is 6.57. The molecule has 0 bridgehead atoms. The number of nitrogens with zero attached hydrogens (tertiary/aromatic N) is 2. The summed E-state index contributed by atoms with van der Waals surface area (Å²) in [4.78, 5) is 15.5. The van der Waals surface area contributed by atoms with Gasteiger partial charge in [-0.1, -0.05) is 15.9 Å². The summed E-state index contributed by atoms with van der Waals surface area (Å²) < 4.78 is 39.6. The van der Waals surface area contributed by atoms with E-state index in [4.69, 9.17) is 9.47 Å². The number of ether oxygens (including phenoxy) is 2. The van der Waals surface area contributed by atoms with Gasteiger partial charge < -0.3 is 14.4 Å². The third kappa shape index (κ3) is 4.13. The first-order chi connectivity index (χ1) is 15.3. The fourth-order valence-electron chi connectivity index (χ4n) is 4.62. The molecule has 4 rings (SSSR count). The van der Waals surface area contributed by atoms with Crippen molar-refractivity contribution in [3.05, 3.63) is 46.4 Å². The van der Waals surface area contributed by atoms with Gasteiger partial charge >= 0.3 is 0 Å². The number of fused-ring (bicyclic) bond motifs is 1. The Morgan fingerprint density at radius 2 is 1.84 bits per heavy atom. The van der Waals surface area contributed by atoms with Crippen molar-refractivity contribution in [3.8, 4) is 11.5 Å². The number of sulfonamides is 1. The average Bonchev–Trinajstić information content (AvgIpc) is 3.12. The second-order valence-electron chi connectivity index (χ2n) is 8.25. The molecule has 2 aromatic rings. The lowest BCUT2D eigenvalue weighted by Crippen LogP contribution is -2.48. The van der Waals surface area contributed by atoms with Gasteiger partial charge in [0.1, 0.15) is 0 Å². The van der Waals surface area contributed by atoms with Crippen molar-refractivity contribution < 1.29 is 22.7 Å². The van der Waals surface area contributed by atoms with Crippen LogP contribution in [0.4, 0.5) is 5.69 Å². The van der Waals surface area contributed by atoms with Gasteiger partial charge in [-0.05, 0) is 62.1 Å². The maximum atomic E-state index is 13.5. The Morgan fingerprint density at radius 1 is 1.09 bits per heavy atom. The number of halogens is 1. The lowest BCUT2D eigenvalue weighted by Gasteiger charge is -2.34. The second kappa shape index (κ2) is 9.03. The van der Waals surface area contributed by atoms with E-state index in [0.717, 1.165) is 22.1 Å². The Hall–Kier alpha value is -2.10. The highest BCUT2D eigenvalue weighted by atomic mass is 79.9. The Morgan fingerprint density at radius 3 is 2.56 bits per heavy atom. The minimum Gasteiger partial charge on any atom is -0.493 e. The number of anilines is 1. The minimum atomic E-state index is -3.77. The van der Waals surface area contributed by atoms with E-state index in [2.05, 4.69) is 15.9 Å². The molecule has 9 heteroatoms. The van der Waals surface area contributed by atoms with Gasteiger partial charge in [0, 0.05) is 35.4 Å². The van der Waals surface area contributed by atoms with Crippen LogP contribution in [0.25, 0.3) is 0 Å². The van der Waals surface area contributed by atoms with Gasteiger partial charge in [0.15, 0.2) is 11.5 Å². The zero-order valence-electron chi connectivity index (χ0n) is 18.4. The number of benzene rings is 2. The molecule has 0 saturated carbocycles. The van der Waals surface area contributed by atoms with E-state index in [1.165, 1.54) is 30.7 Å². The lowest BCUT2D eigenvalue weighted by molar-refractivity contribution is -0.123. The molecule has 172 valence electrons. The third-order valence-electron chi connectivity index (χ3n) is 6.22. The van der Waals surface area contributed by atoms with E-state index in [1.54, 1.807) is 6.07 Å². The van der Waals surface area contributed by atoms with Crippen LogP contribution in [0.5, 0.6) is 11.5 Å². The highest BCUT2D eigenvalue weighted by Gasteiger charge is 2.39. The Kier molecular flexibility index (Phi) is 6.51. The van der Waals surface area contributed by atoms with E-state index in [0.29, 0.717) is 30.9 Å². The van der Waals surface area contributed by atoms with Crippen molar-refractivity contribution in [1.82, 2.24) is 4.31 Å². The molecule has 2 aliphatic heterocycles. The molecule has 2 atom stereocenters. The molecular weight excluding hydrogens is 496 g/mol. The summed E-state index contributed by atoms with van der Waals surface area (Å²) in [5.41, 5.74) is 2.05. The summed E-state index contributed by atoms with van der Waals surface area (Å²) in [7, 11) is -0.796. The maximum Gasteiger partial charge on any atom is 0.243 e. The summed E-state index contributed by atoms with van der Waals surface area (Å²) >= 11 is 3.50. The molecule has 1 fully saturated rings. The second-order valence-corrected chi connectivity index (χ2v) is 11.1. The van der Waals surface area contributed by atoms with E-state index < -0.39 is 10.0 Å². The van der Waals surface area contributed by atoms with Gasteiger partial charge in [-0.25, -0.2) is 8.42 Å². The third-order valence-corrected chi connectivity index (χ3v) is 8.58. The van der Waals surface area contributed by atoms with Crippen molar-refractivity contribution in [2.24, 2.45) is 5.92 Å². The van der Waals surface area contributed by atoms with Crippen LogP contribution in [0, 0.1) is 5.92 Å². The molecule has 0 radical (unpaired) electrons. The summed E-state index contributed by atoms with van der Waals surface area (Å²) in [6.07, 6.45) is 2.10. The molecule has 32 heavy (non-hydrogen) atoms. The Bertz CT molecular complexity index is 1140. The summed E-state index contributed by atoms with van der Waals surface area (Å²) in [5, 5.41) is 0. The molecule has 0 aliphatic carbocycles. The SMILES string of the molecule is COc1ccc(S(=O)(=O)N2CCC[C@H](C(=O)N3c4ccc(Br)cc4C[C@@H]3C)C2)cc1OC. The van der Waals surface area contributed by atoms with Crippen molar-refractivity contribution in [1.29, 1.82) is 0 Å². The number of methoxy groups -OCH3 is 2. The van der Waals surface area contributed by atoms with Crippen molar-refractivity contribution in [2.75, 3.05) is 32.2 Å². The molecular formula is C23H27BrN2O5S. The monoisotopic (exact) mass is 522 g/mol. The number of hydrogen-bond acceptors (Lipinski definition) is 5. The molecule has 0 unspecified atom stereocenters. The average molecular weight is 523 g/mol. The molecule has 2 heterocycles. The summed E-state index contributed by atoms with van der Waals surface area (Å²) in [6, 6.07) is 10.6. The first kappa shape index (κ1) is 23.1. The van der Waals surface area contributed by atoms with Crippen LogP contribution < -0.4 is 14.4 Å². The molecule has 2 aliphatic rings. The van der Waals surface area contributed by atoms with Gasteiger partial charge in [-0.3, -0.25) is 4.79 Å². The molecule has 0 aromatic heterocycles. The first-order valence-corrected chi connectivity index (χ1v) is 12.8. The van der Waals surface area contributed by atoms with Crippen LogP contribution in [0.15, 0.2) is 45.8 Å². The van der Waals surface area contributed by atoms with Crippen LogP contribution in [-0.4, -0.2) is 52.0 Å². The highest BCUT2D eigenvalue weighted by molar-refractivity contribution is 9.10. The first-order valence-electron chi connectivity index (χ1n) is 10.6. The molecule has 0 spiro atoms. The lowest BCUT2D eigenvalue weighted by atomic mass is 9.97. The van der Waals surface area contributed by atoms with E-state index in [1.807, 2.05) is 30.0 Å². The van der Waals surface area contributed by atoms with Crippen LogP contribution in [0.2, 0.25) is 0 Å². The van der Waals surface area contributed by atoms with Crippen LogP contribution >= 0.6 is 15.9 Å². The molecule has 0 N–H and O–H groups in total. The van der Waals surface area contributed by atoms with E-state index in [9.17, 15) is 13.2 Å². The van der Waals surface area contributed by atoms with Crippen LogP contribution in [0.3, 0.4) is 0 Å². The zero-order chi connectivity index (χ0) is 23.0. The van der Waals surface area contributed by atoms with Gasteiger partial charge in [-0.2, -0.15) is 4.31 Å². The number of rotatable bonds is 5. The van der Waals surface area contributed by atoms with Crippen molar-refractivity contribution in [3.63, 3.8) is 0 Å². The quantitative estimate of drug-likeness (QED) is 0.596. The highest BCUT2D eigenvalue weighted by Crippen LogP contribution is 2.37. The summed E-state index contributed by atoms with van der Waals surface area (Å²) in [5.74, 6) is 0.430.